The molecule has 0 aliphatic carbocycles. The molecule has 0 fully saturated rings. The third kappa shape index (κ3) is 2.07. The van der Waals surface area contributed by atoms with Crippen molar-refractivity contribution in [2.75, 3.05) is 6.61 Å². The van der Waals surface area contributed by atoms with Crippen molar-refractivity contribution in [3.8, 4) is 0 Å². The number of aromatic nitrogens is 3. The number of rotatable bonds is 3. The van der Waals surface area contributed by atoms with Crippen LogP contribution in [0.2, 0.25) is 10.4 Å². The van der Waals surface area contributed by atoms with Crippen LogP contribution in [0, 0.1) is 0 Å². The van der Waals surface area contributed by atoms with Gasteiger partial charge < -0.3 is 9.67 Å². The highest BCUT2D eigenvalue weighted by Gasteiger charge is 2.09. The summed E-state index contributed by atoms with van der Waals surface area (Å²) in [5.74, 6) is 0. The maximum atomic E-state index is 8.75. The molecule has 4 nitrogen and oxygen atoms in total. The summed E-state index contributed by atoms with van der Waals surface area (Å²) >= 11 is 11.7. The van der Waals surface area contributed by atoms with E-state index in [-0.39, 0.29) is 11.9 Å². The lowest BCUT2D eigenvalue weighted by molar-refractivity contribution is 0.280. The van der Waals surface area contributed by atoms with Gasteiger partial charge >= 0.3 is 0 Å². The Kier molecular flexibility index (Phi) is 3.09. The van der Waals surface area contributed by atoms with Gasteiger partial charge in [-0.2, -0.15) is 0 Å². The second-order valence-corrected chi connectivity index (χ2v) is 3.80. The van der Waals surface area contributed by atoms with Gasteiger partial charge in [0.2, 0.25) is 5.28 Å². The zero-order chi connectivity index (χ0) is 10.8. The molecule has 0 aliphatic heterocycles. The minimum absolute atomic E-state index is 0.145. The molecule has 6 heteroatoms. The van der Waals surface area contributed by atoms with Crippen LogP contribution in [0.3, 0.4) is 0 Å². The zero-order valence-corrected chi connectivity index (χ0v) is 9.33. The highest BCUT2D eigenvalue weighted by molar-refractivity contribution is 6.35. The van der Waals surface area contributed by atoms with E-state index in [1.165, 1.54) is 0 Å². The molecule has 0 aromatic carbocycles. The summed E-state index contributed by atoms with van der Waals surface area (Å²) in [4.78, 5) is 7.93. The molecule has 2 rings (SSSR count). The van der Waals surface area contributed by atoms with Gasteiger partial charge in [-0.15, -0.1) is 0 Å². The number of fused-ring (bicyclic) bond motifs is 1. The molecule has 0 spiro atoms. The highest BCUT2D eigenvalue weighted by atomic mass is 35.5. The van der Waals surface area contributed by atoms with Crippen molar-refractivity contribution < 1.29 is 5.11 Å². The van der Waals surface area contributed by atoms with Crippen molar-refractivity contribution in [2.45, 2.75) is 13.0 Å². The van der Waals surface area contributed by atoms with E-state index in [2.05, 4.69) is 9.97 Å². The average molecular weight is 246 g/mol. The van der Waals surface area contributed by atoms with Crippen LogP contribution >= 0.6 is 23.2 Å². The Hall–Kier alpha value is -0.840. The fourth-order valence-corrected chi connectivity index (χ4v) is 1.97. The summed E-state index contributed by atoms with van der Waals surface area (Å²) in [6.45, 7) is 0.830. The standard InChI is InChI=1S/C9H9Cl2N3O/c10-8-7-6(12-9(11)13-8)2-4-14(7)3-1-5-15/h2,4,15H,1,3,5H2. The molecule has 1 N–H and O–H groups in total. The predicted octanol–water partition coefficient (Wildman–Crippen LogP) is 2.12. The Morgan fingerprint density at radius 3 is 2.87 bits per heavy atom. The Bertz CT molecular complexity index is 483. The van der Waals surface area contributed by atoms with Crippen LogP contribution < -0.4 is 0 Å². The molecule has 0 saturated heterocycles. The van der Waals surface area contributed by atoms with E-state index >= 15 is 0 Å². The fraction of sp³-hybridized carbons (Fsp3) is 0.333. The van der Waals surface area contributed by atoms with Gasteiger partial charge in [-0.3, -0.25) is 0 Å². The van der Waals surface area contributed by atoms with E-state index in [0.717, 1.165) is 11.0 Å². The summed E-state index contributed by atoms with van der Waals surface area (Å²) in [6, 6.07) is 1.83. The summed E-state index contributed by atoms with van der Waals surface area (Å²) in [6.07, 6.45) is 2.53. The molecule has 0 atom stereocenters. The van der Waals surface area contributed by atoms with E-state index in [1.807, 2.05) is 16.8 Å². The Labute approximate surface area is 96.5 Å². The SMILES string of the molecule is OCCCn1ccc2nc(Cl)nc(Cl)c21. The fourth-order valence-electron chi connectivity index (χ4n) is 1.46. The van der Waals surface area contributed by atoms with Gasteiger partial charge in [0.15, 0.2) is 5.15 Å². The van der Waals surface area contributed by atoms with Gasteiger partial charge in [0.1, 0.15) is 5.52 Å². The predicted molar refractivity (Wildman–Crippen MR) is 59.3 cm³/mol. The molecular weight excluding hydrogens is 237 g/mol. The van der Waals surface area contributed by atoms with Crippen molar-refractivity contribution in [1.82, 2.24) is 14.5 Å². The molecule has 80 valence electrons. The number of halogens is 2. The number of nitrogens with zero attached hydrogens (tertiary/aromatic N) is 3. The van der Waals surface area contributed by atoms with Gasteiger partial charge in [0.25, 0.3) is 0 Å². The largest absolute Gasteiger partial charge is 0.396 e. The van der Waals surface area contributed by atoms with Crippen LogP contribution in [0.25, 0.3) is 11.0 Å². The smallest absolute Gasteiger partial charge is 0.224 e. The van der Waals surface area contributed by atoms with E-state index in [9.17, 15) is 0 Å². The van der Waals surface area contributed by atoms with Crippen LogP contribution in [-0.2, 0) is 6.54 Å². The molecule has 15 heavy (non-hydrogen) atoms. The average Bonchev–Trinajstić information content (AvgIpc) is 2.58. The molecular formula is C9H9Cl2N3O. The molecule has 2 heterocycles. The lowest BCUT2D eigenvalue weighted by atomic mass is 10.4. The number of hydrogen-bond acceptors (Lipinski definition) is 3. The van der Waals surface area contributed by atoms with E-state index < -0.39 is 0 Å². The molecule has 0 radical (unpaired) electrons. The first-order valence-corrected chi connectivity index (χ1v) is 5.26. The van der Waals surface area contributed by atoms with Gasteiger partial charge in [0.05, 0.1) is 5.52 Å². The van der Waals surface area contributed by atoms with E-state index in [0.29, 0.717) is 18.1 Å². The van der Waals surface area contributed by atoms with Crippen molar-refractivity contribution in [1.29, 1.82) is 0 Å². The number of hydrogen-bond donors (Lipinski definition) is 1. The van der Waals surface area contributed by atoms with E-state index in [1.54, 1.807) is 0 Å². The highest BCUT2D eigenvalue weighted by Crippen LogP contribution is 2.23. The van der Waals surface area contributed by atoms with Crippen LogP contribution in [0.5, 0.6) is 0 Å². The maximum absolute atomic E-state index is 8.75. The molecule has 2 aromatic rings. The Morgan fingerprint density at radius 2 is 2.13 bits per heavy atom. The molecule has 0 amide bonds. The lowest BCUT2D eigenvalue weighted by Crippen LogP contribution is -1.99. The minimum Gasteiger partial charge on any atom is -0.396 e. The topological polar surface area (TPSA) is 50.9 Å². The van der Waals surface area contributed by atoms with Gasteiger partial charge in [0, 0.05) is 19.3 Å². The summed E-state index contributed by atoms with van der Waals surface area (Å²) in [5.41, 5.74) is 1.48. The number of aliphatic hydroxyl groups excluding tert-OH is 1. The third-order valence-electron chi connectivity index (χ3n) is 2.10. The third-order valence-corrected chi connectivity index (χ3v) is 2.53. The summed E-state index contributed by atoms with van der Waals surface area (Å²) in [7, 11) is 0. The monoisotopic (exact) mass is 245 g/mol. The van der Waals surface area contributed by atoms with Crippen molar-refractivity contribution in [2.24, 2.45) is 0 Å². The molecule has 0 aliphatic rings. The first kappa shape index (κ1) is 10.7. The molecule has 2 aromatic heterocycles. The Balaban J connectivity index is 2.49. The minimum atomic E-state index is 0.145. The van der Waals surface area contributed by atoms with Gasteiger partial charge in [-0.1, -0.05) is 11.6 Å². The zero-order valence-electron chi connectivity index (χ0n) is 7.82. The Morgan fingerprint density at radius 1 is 1.33 bits per heavy atom. The van der Waals surface area contributed by atoms with Crippen LogP contribution in [0.4, 0.5) is 0 Å². The number of aryl methyl sites for hydroxylation is 1. The van der Waals surface area contributed by atoms with Crippen LogP contribution in [-0.4, -0.2) is 26.2 Å². The van der Waals surface area contributed by atoms with Crippen molar-refractivity contribution >= 4 is 34.2 Å². The van der Waals surface area contributed by atoms with Crippen LogP contribution in [0.1, 0.15) is 6.42 Å². The lowest BCUT2D eigenvalue weighted by Gasteiger charge is -2.04. The van der Waals surface area contributed by atoms with Crippen molar-refractivity contribution in [3.63, 3.8) is 0 Å². The van der Waals surface area contributed by atoms with E-state index in [4.69, 9.17) is 28.3 Å². The molecule has 0 unspecified atom stereocenters. The van der Waals surface area contributed by atoms with Gasteiger partial charge in [-0.25, -0.2) is 9.97 Å². The first-order valence-electron chi connectivity index (χ1n) is 4.51. The quantitative estimate of drug-likeness (QED) is 0.666. The molecule has 0 saturated carbocycles. The second-order valence-electron chi connectivity index (χ2n) is 3.10. The van der Waals surface area contributed by atoms with Gasteiger partial charge in [-0.05, 0) is 24.1 Å². The first-order chi connectivity index (χ1) is 7.22. The maximum Gasteiger partial charge on any atom is 0.224 e. The van der Waals surface area contributed by atoms with Crippen LogP contribution in [0.15, 0.2) is 12.3 Å². The number of aliphatic hydroxyl groups is 1. The summed E-state index contributed by atoms with van der Waals surface area (Å²) in [5, 5.41) is 9.24. The molecule has 0 bridgehead atoms. The normalized spacial score (nSPS) is 11.1. The second kappa shape index (κ2) is 4.35. The van der Waals surface area contributed by atoms with Crippen molar-refractivity contribution in [3.05, 3.63) is 22.7 Å². The summed E-state index contributed by atoms with van der Waals surface area (Å²) < 4.78 is 1.91.